The van der Waals surface area contributed by atoms with Gasteiger partial charge in [-0.2, -0.15) is 0 Å². The molecule has 2 saturated heterocycles. The average molecular weight is 534 g/mol. The summed E-state index contributed by atoms with van der Waals surface area (Å²) in [6.07, 6.45) is 1.06. The van der Waals surface area contributed by atoms with Crippen LogP contribution >= 0.6 is 0 Å². The normalized spacial score (nSPS) is 19.4. The van der Waals surface area contributed by atoms with Crippen molar-refractivity contribution in [2.45, 2.75) is 25.3 Å². The smallest absolute Gasteiger partial charge is 0.255 e. The molecular formula is C29H29F2N5O3. The highest BCUT2D eigenvalue weighted by molar-refractivity contribution is 5.99. The fourth-order valence-electron chi connectivity index (χ4n) is 5.57. The molecule has 1 N–H and O–H groups in total. The number of nitrogens with zero attached hydrogens (tertiary/aromatic N) is 4. The largest absolute Gasteiger partial charge is 0.379 e. The topological polar surface area (TPSA) is 87.7 Å². The monoisotopic (exact) mass is 533 g/mol. The first-order valence-corrected chi connectivity index (χ1v) is 13.3. The van der Waals surface area contributed by atoms with Gasteiger partial charge in [-0.05, 0) is 29.7 Å². The first kappa shape index (κ1) is 25.5. The standard InChI is InChI=1S/C29H29F2N5O3/c30-21-2-1-3-22(31)25(21)27-33-23(26-24(34-27)17-32-28(26)37)16-18-4-6-19(7-5-18)20-8-9-36(29(20)38)11-10-35-12-14-39-15-13-35/h1-7,20H,8-17H2,(H,32,37)/t20-/m1/s1. The van der Waals surface area contributed by atoms with Gasteiger partial charge in [0.05, 0.1) is 48.2 Å². The van der Waals surface area contributed by atoms with Crippen LogP contribution in [-0.4, -0.2) is 77.5 Å². The van der Waals surface area contributed by atoms with Crippen LogP contribution in [0.1, 0.15) is 45.2 Å². The van der Waals surface area contributed by atoms with E-state index in [-0.39, 0.29) is 42.1 Å². The van der Waals surface area contributed by atoms with Gasteiger partial charge in [0.15, 0.2) is 5.82 Å². The Morgan fingerprint density at radius 3 is 2.41 bits per heavy atom. The van der Waals surface area contributed by atoms with E-state index in [9.17, 15) is 18.4 Å². The van der Waals surface area contributed by atoms with Crippen molar-refractivity contribution < 1.29 is 23.1 Å². The lowest BCUT2D eigenvalue weighted by molar-refractivity contribution is -0.129. The van der Waals surface area contributed by atoms with E-state index in [2.05, 4.69) is 20.2 Å². The van der Waals surface area contributed by atoms with Crippen LogP contribution in [0.15, 0.2) is 42.5 Å². The van der Waals surface area contributed by atoms with E-state index in [0.29, 0.717) is 17.0 Å². The number of fused-ring (bicyclic) bond motifs is 1. The summed E-state index contributed by atoms with van der Waals surface area (Å²) in [6.45, 7) is 5.79. The van der Waals surface area contributed by atoms with Gasteiger partial charge in [0.1, 0.15) is 11.6 Å². The van der Waals surface area contributed by atoms with Crippen LogP contribution in [0.3, 0.4) is 0 Å². The Morgan fingerprint density at radius 2 is 1.67 bits per heavy atom. The van der Waals surface area contributed by atoms with Gasteiger partial charge in [-0.3, -0.25) is 14.5 Å². The van der Waals surface area contributed by atoms with Crippen LogP contribution in [0.2, 0.25) is 0 Å². The second kappa shape index (κ2) is 10.8. The van der Waals surface area contributed by atoms with Crippen molar-refractivity contribution in [3.63, 3.8) is 0 Å². The molecule has 6 rings (SSSR count). The molecule has 0 bridgehead atoms. The molecule has 2 aromatic carbocycles. The van der Waals surface area contributed by atoms with Crippen molar-refractivity contribution in [2.75, 3.05) is 45.9 Å². The lowest BCUT2D eigenvalue weighted by Crippen LogP contribution is -2.42. The Hall–Kier alpha value is -3.76. The maximum atomic E-state index is 14.5. The van der Waals surface area contributed by atoms with Crippen LogP contribution in [-0.2, 0) is 22.5 Å². The van der Waals surface area contributed by atoms with Gasteiger partial charge < -0.3 is 15.0 Å². The first-order chi connectivity index (χ1) is 19.0. The van der Waals surface area contributed by atoms with Crippen LogP contribution in [0.5, 0.6) is 0 Å². The van der Waals surface area contributed by atoms with Gasteiger partial charge in [0, 0.05) is 39.1 Å². The predicted molar refractivity (Wildman–Crippen MR) is 139 cm³/mol. The maximum Gasteiger partial charge on any atom is 0.255 e. The molecule has 1 aromatic heterocycles. The molecule has 2 fully saturated rings. The summed E-state index contributed by atoms with van der Waals surface area (Å²) in [5.41, 5.74) is 2.70. The number of benzene rings is 2. The molecule has 10 heteroatoms. The quantitative estimate of drug-likeness (QED) is 0.503. The predicted octanol–water partition coefficient (Wildman–Crippen LogP) is 2.90. The third-order valence-electron chi connectivity index (χ3n) is 7.73. The molecule has 4 heterocycles. The summed E-state index contributed by atoms with van der Waals surface area (Å²) in [6, 6.07) is 11.3. The van der Waals surface area contributed by atoms with E-state index in [4.69, 9.17) is 4.74 Å². The maximum absolute atomic E-state index is 14.5. The number of hydrogen-bond acceptors (Lipinski definition) is 6. The Bertz CT molecular complexity index is 1390. The number of carbonyl (C=O) groups excluding carboxylic acids is 2. The molecular weight excluding hydrogens is 504 g/mol. The van der Waals surface area contributed by atoms with Crippen LogP contribution in [0, 0.1) is 11.6 Å². The average Bonchev–Trinajstić information content (AvgIpc) is 3.50. The Morgan fingerprint density at radius 1 is 0.923 bits per heavy atom. The highest BCUT2D eigenvalue weighted by Gasteiger charge is 2.33. The van der Waals surface area contributed by atoms with Gasteiger partial charge in [0.25, 0.3) is 5.91 Å². The van der Waals surface area contributed by atoms with E-state index >= 15 is 0 Å². The minimum atomic E-state index is -0.761. The minimum Gasteiger partial charge on any atom is -0.379 e. The van der Waals surface area contributed by atoms with Gasteiger partial charge >= 0.3 is 0 Å². The van der Waals surface area contributed by atoms with Gasteiger partial charge in [-0.1, -0.05) is 30.3 Å². The van der Waals surface area contributed by atoms with Crippen LogP contribution in [0.4, 0.5) is 8.78 Å². The van der Waals surface area contributed by atoms with E-state index < -0.39 is 11.6 Å². The lowest BCUT2D eigenvalue weighted by atomic mass is 9.95. The molecule has 0 aliphatic carbocycles. The molecule has 0 spiro atoms. The number of nitrogens with one attached hydrogen (secondary N) is 1. The van der Waals surface area contributed by atoms with Crippen molar-refractivity contribution in [1.29, 1.82) is 0 Å². The molecule has 0 saturated carbocycles. The number of carbonyl (C=O) groups is 2. The number of aromatic nitrogens is 2. The summed E-state index contributed by atoms with van der Waals surface area (Å²) in [7, 11) is 0. The molecule has 8 nitrogen and oxygen atoms in total. The highest BCUT2D eigenvalue weighted by Crippen LogP contribution is 2.30. The van der Waals surface area contributed by atoms with Crippen molar-refractivity contribution >= 4 is 11.8 Å². The SMILES string of the molecule is O=C1NCc2nc(-c3c(F)cccc3F)nc(Cc3ccc([C@H]4CCN(CCN5CCOCC5)C4=O)cc3)c21. The lowest BCUT2D eigenvalue weighted by Gasteiger charge is -2.28. The number of rotatable bonds is 7. The second-order valence-corrected chi connectivity index (χ2v) is 10.1. The van der Waals surface area contributed by atoms with Crippen LogP contribution < -0.4 is 5.32 Å². The number of amides is 2. The number of halogens is 2. The molecule has 3 aliphatic heterocycles. The zero-order chi connectivity index (χ0) is 26.9. The minimum absolute atomic E-state index is 0.0822. The van der Waals surface area contributed by atoms with Gasteiger partial charge in [0.2, 0.25) is 5.91 Å². The second-order valence-electron chi connectivity index (χ2n) is 10.1. The van der Waals surface area contributed by atoms with Gasteiger partial charge in [-0.25, -0.2) is 18.7 Å². The fraction of sp³-hybridized carbons (Fsp3) is 0.379. The number of hydrogen-bond donors (Lipinski definition) is 1. The fourth-order valence-corrected chi connectivity index (χ4v) is 5.57. The molecule has 39 heavy (non-hydrogen) atoms. The van der Waals surface area contributed by atoms with Crippen molar-refractivity contribution in [3.8, 4) is 11.4 Å². The first-order valence-electron chi connectivity index (χ1n) is 13.3. The molecule has 2 amide bonds. The number of morpholine rings is 1. The summed E-state index contributed by atoms with van der Waals surface area (Å²) in [5, 5.41) is 2.73. The number of likely N-dealkylation sites (tertiary alicyclic amines) is 1. The summed E-state index contributed by atoms with van der Waals surface area (Å²) >= 11 is 0. The Labute approximate surface area is 225 Å². The third kappa shape index (κ3) is 5.14. The number of ether oxygens (including phenoxy) is 1. The van der Waals surface area contributed by atoms with E-state index in [0.717, 1.165) is 75.6 Å². The van der Waals surface area contributed by atoms with E-state index in [1.165, 1.54) is 6.07 Å². The van der Waals surface area contributed by atoms with Crippen molar-refractivity contribution in [3.05, 3.63) is 82.2 Å². The summed E-state index contributed by atoms with van der Waals surface area (Å²) in [5.74, 6) is -1.93. The van der Waals surface area contributed by atoms with Gasteiger partial charge in [-0.15, -0.1) is 0 Å². The molecule has 3 aromatic rings. The molecule has 202 valence electrons. The highest BCUT2D eigenvalue weighted by atomic mass is 19.1. The molecule has 0 unspecified atom stereocenters. The molecule has 3 aliphatic rings. The Balaban J connectivity index is 1.18. The van der Waals surface area contributed by atoms with Crippen molar-refractivity contribution in [1.82, 2.24) is 25.1 Å². The van der Waals surface area contributed by atoms with Crippen LogP contribution in [0.25, 0.3) is 11.4 Å². The zero-order valence-corrected chi connectivity index (χ0v) is 21.5. The molecule has 1 atom stereocenters. The summed E-state index contributed by atoms with van der Waals surface area (Å²) in [4.78, 5) is 38.6. The summed E-state index contributed by atoms with van der Waals surface area (Å²) < 4.78 is 34.4. The molecule has 0 radical (unpaired) electrons. The third-order valence-corrected chi connectivity index (χ3v) is 7.73. The van der Waals surface area contributed by atoms with E-state index in [1.807, 2.05) is 29.2 Å². The van der Waals surface area contributed by atoms with E-state index in [1.54, 1.807) is 0 Å². The zero-order valence-electron chi connectivity index (χ0n) is 21.5. The Kier molecular flexibility index (Phi) is 7.05. The van der Waals surface area contributed by atoms with Crippen molar-refractivity contribution in [2.24, 2.45) is 0 Å².